The van der Waals surface area contributed by atoms with E-state index in [1.807, 2.05) is 65.5 Å². The lowest BCUT2D eigenvalue weighted by atomic mass is 9.96. The van der Waals surface area contributed by atoms with Crippen molar-refractivity contribution >= 4 is 11.6 Å². The van der Waals surface area contributed by atoms with E-state index in [9.17, 15) is 4.79 Å². The lowest BCUT2D eigenvalue weighted by Gasteiger charge is -2.22. The van der Waals surface area contributed by atoms with Crippen LogP contribution in [0.5, 0.6) is 5.75 Å². The predicted octanol–water partition coefficient (Wildman–Crippen LogP) is 4.12. The first-order valence-corrected chi connectivity index (χ1v) is 12.6. The molecule has 0 saturated heterocycles. The number of benzene rings is 3. The van der Waals surface area contributed by atoms with Gasteiger partial charge in [0.05, 0.1) is 43.4 Å². The molecule has 8 nitrogen and oxygen atoms in total. The number of hydrogen-bond acceptors (Lipinski definition) is 6. The third-order valence-corrected chi connectivity index (χ3v) is 6.60. The second-order valence-electron chi connectivity index (χ2n) is 9.21. The highest BCUT2D eigenvalue weighted by Crippen LogP contribution is 2.38. The monoisotopic (exact) mass is 509 g/mol. The summed E-state index contributed by atoms with van der Waals surface area (Å²) in [7, 11) is 1.63. The van der Waals surface area contributed by atoms with Crippen LogP contribution < -0.4 is 10.1 Å². The molecule has 2 N–H and O–H groups in total. The minimum absolute atomic E-state index is 0.0432. The van der Waals surface area contributed by atoms with Crippen molar-refractivity contribution in [2.24, 2.45) is 5.10 Å². The van der Waals surface area contributed by atoms with E-state index in [2.05, 4.69) is 36.5 Å². The van der Waals surface area contributed by atoms with Crippen molar-refractivity contribution in [3.8, 4) is 22.7 Å². The fourth-order valence-electron chi connectivity index (χ4n) is 4.58. The zero-order valence-electron chi connectivity index (χ0n) is 21.5. The molecule has 1 amide bonds. The molecule has 3 aromatic carbocycles. The van der Waals surface area contributed by atoms with Gasteiger partial charge in [0.2, 0.25) is 0 Å². The molecule has 0 fully saturated rings. The van der Waals surface area contributed by atoms with Crippen LogP contribution in [-0.4, -0.2) is 58.3 Å². The van der Waals surface area contributed by atoms with Crippen LogP contribution in [0.2, 0.25) is 0 Å². The molecule has 0 bridgehead atoms. The number of nitrogens with one attached hydrogen (secondary N) is 1. The quantitative estimate of drug-likeness (QED) is 0.331. The summed E-state index contributed by atoms with van der Waals surface area (Å²) < 4.78 is 7.17. The van der Waals surface area contributed by atoms with Crippen LogP contribution in [0.4, 0.5) is 0 Å². The molecule has 194 valence electrons. The van der Waals surface area contributed by atoms with Gasteiger partial charge in [-0.2, -0.15) is 10.2 Å². The van der Waals surface area contributed by atoms with Crippen molar-refractivity contribution in [3.63, 3.8) is 0 Å². The number of ether oxygens (including phenoxy) is 1. The van der Waals surface area contributed by atoms with E-state index in [1.54, 1.807) is 12.1 Å². The van der Waals surface area contributed by atoms with Crippen LogP contribution in [0.15, 0.2) is 90.2 Å². The predicted molar refractivity (Wildman–Crippen MR) is 147 cm³/mol. The van der Waals surface area contributed by atoms with Gasteiger partial charge in [0.1, 0.15) is 5.75 Å². The van der Waals surface area contributed by atoms with Crippen LogP contribution >= 0.6 is 0 Å². The molecule has 0 unspecified atom stereocenters. The van der Waals surface area contributed by atoms with Crippen molar-refractivity contribution < 1.29 is 14.6 Å². The van der Waals surface area contributed by atoms with Gasteiger partial charge in [0, 0.05) is 30.3 Å². The van der Waals surface area contributed by atoms with Gasteiger partial charge < -0.3 is 15.2 Å². The highest BCUT2D eigenvalue weighted by molar-refractivity contribution is 6.03. The standard InChI is InChI=1S/C30H31N5O3/c1-21-8-10-23(11-9-21)30-26(20-34(33-30)24-6-4-3-5-7-24)28-18-27(22-12-14-25(38-2)15-13-22)32-35(28)29(37)19-31-16-17-36/h3-15,20,28,31,36H,16-19H2,1-2H3/t28-/m0/s1. The Morgan fingerprint density at radius 1 is 1.03 bits per heavy atom. The zero-order valence-corrected chi connectivity index (χ0v) is 21.5. The summed E-state index contributed by atoms with van der Waals surface area (Å²) in [6.45, 7) is 2.42. The zero-order chi connectivity index (χ0) is 26.5. The number of carbonyl (C=O) groups is 1. The van der Waals surface area contributed by atoms with Crippen LogP contribution in [0.25, 0.3) is 16.9 Å². The van der Waals surface area contributed by atoms with E-state index in [0.717, 1.165) is 45.1 Å². The largest absolute Gasteiger partial charge is 0.497 e. The van der Waals surface area contributed by atoms with Crippen molar-refractivity contribution in [1.82, 2.24) is 20.1 Å². The van der Waals surface area contributed by atoms with Crippen LogP contribution in [0.3, 0.4) is 0 Å². The fourth-order valence-corrected chi connectivity index (χ4v) is 4.58. The summed E-state index contributed by atoms with van der Waals surface area (Å²) in [5, 5.41) is 23.5. The molecular weight excluding hydrogens is 478 g/mol. The minimum atomic E-state index is -0.343. The third kappa shape index (κ3) is 5.37. The molecule has 0 radical (unpaired) electrons. The van der Waals surface area contributed by atoms with Crippen molar-refractivity contribution in [2.75, 3.05) is 26.8 Å². The van der Waals surface area contributed by atoms with Crippen molar-refractivity contribution in [3.05, 3.63) is 102 Å². The number of carbonyl (C=O) groups excluding carboxylic acids is 1. The smallest absolute Gasteiger partial charge is 0.257 e. The van der Waals surface area contributed by atoms with Gasteiger partial charge in [0.15, 0.2) is 0 Å². The molecule has 1 aliphatic heterocycles. The molecule has 5 rings (SSSR count). The Bertz CT molecular complexity index is 1410. The number of nitrogens with zero attached hydrogens (tertiary/aromatic N) is 4. The molecule has 1 atom stereocenters. The molecule has 0 aliphatic carbocycles. The molecule has 0 saturated carbocycles. The SMILES string of the molecule is COc1ccc(C2=NN(C(=O)CNCCO)[C@H](c3cn(-c4ccccc4)nc3-c3ccc(C)cc3)C2)cc1. The highest BCUT2D eigenvalue weighted by atomic mass is 16.5. The summed E-state index contributed by atoms with van der Waals surface area (Å²) in [6.07, 6.45) is 2.54. The van der Waals surface area contributed by atoms with E-state index < -0.39 is 0 Å². The lowest BCUT2D eigenvalue weighted by Crippen LogP contribution is -2.36. The molecule has 38 heavy (non-hydrogen) atoms. The Morgan fingerprint density at radius 2 is 1.74 bits per heavy atom. The third-order valence-electron chi connectivity index (χ3n) is 6.60. The second kappa shape index (κ2) is 11.4. The molecule has 0 spiro atoms. The highest BCUT2D eigenvalue weighted by Gasteiger charge is 2.36. The number of aromatic nitrogens is 2. The summed E-state index contributed by atoms with van der Waals surface area (Å²) in [5.74, 6) is 0.588. The fraction of sp³-hybridized carbons (Fsp3) is 0.233. The van der Waals surface area contributed by atoms with E-state index in [-0.39, 0.29) is 25.1 Å². The Hall–Kier alpha value is -4.27. The van der Waals surface area contributed by atoms with Crippen LogP contribution in [0, 0.1) is 6.92 Å². The summed E-state index contributed by atoms with van der Waals surface area (Å²) >= 11 is 0. The molecular formula is C30H31N5O3. The molecule has 1 aliphatic rings. The average Bonchev–Trinajstić information content (AvgIpc) is 3.59. The number of aliphatic hydroxyl groups is 1. The van der Waals surface area contributed by atoms with Gasteiger partial charge in [-0.3, -0.25) is 4.79 Å². The molecule has 8 heteroatoms. The number of methoxy groups -OCH3 is 1. The number of amides is 1. The average molecular weight is 510 g/mol. The van der Waals surface area contributed by atoms with E-state index in [0.29, 0.717) is 13.0 Å². The maximum atomic E-state index is 13.4. The maximum Gasteiger partial charge on any atom is 0.257 e. The van der Waals surface area contributed by atoms with Gasteiger partial charge >= 0.3 is 0 Å². The van der Waals surface area contributed by atoms with Gasteiger partial charge in [0.25, 0.3) is 5.91 Å². The van der Waals surface area contributed by atoms with E-state index in [4.69, 9.17) is 20.0 Å². The molecule has 1 aromatic heterocycles. The second-order valence-corrected chi connectivity index (χ2v) is 9.21. The summed E-state index contributed by atoms with van der Waals surface area (Å²) in [4.78, 5) is 13.4. The van der Waals surface area contributed by atoms with Crippen LogP contribution in [-0.2, 0) is 4.79 Å². The van der Waals surface area contributed by atoms with E-state index >= 15 is 0 Å². The van der Waals surface area contributed by atoms with Gasteiger partial charge in [-0.15, -0.1) is 0 Å². The Labute approximate surface area is 222 Å². The number of hydrazone groups is 1. The first kappa shape index (κ1) is 25.4. The lowest BCUT2D eigenvalue weighted by molar-refractivity contribution is -0.132. The minimum Gasteiger partial charge on any atom is -0.497 e. The topological polar surface area (TPSA) is 92.0 Å². The first-order chi connectivity index (χ1) is 18.6. The summed E-state index contributed by atoms with van der Waals surface area (Å²) in [5.41, 5.74) is 6.55. The Kier molecular flexibility index (Phi) is 7.62. The first-order valence-electron chi connectivity index (χ1n) is 12.6. The number of aliphatic hydroxyl groups excluding tert-OH is 1. The van der Waals surface area contributed by atoms with Crippen molar-refractivity contribution in [2.45, 2.75) is 19.4 Å². The van der Waals surface area contributed by atoms with Crippen molar-refractivity contribution in [1.29, 1.82) is 0 Å². The van der Waals surface area contributed by atoms with Gasteiger partial charge in [-0.25, -0.2) is 9.69 Å². The summed E-state index contributed by atoms with van der Waals surface area (Å²) in [6, 6.07) is 25.6. The molecule has 2 heterocycles. The Morgan fingerprint density at radius 3 is 2.42 bits per heavy atom. The molecule has 4 aromatic rings. The normalized spacial score (nSPS) is 15.0. The van der Waals surface area contributed by atoms with E-state index in [1.165, 1.54) is 0 Å². The number of para-hydroxylation sites is 1. The van der Waals surface area contributed by atoms with Gasteiger partial charge in [-0.1, -0.05) is 48.0 Å². The van der Waals surface area contributed by atoms with Crippen LogP contribution in [0.1, 0.15) is 29.2 Å². The Balaban J connectivity index is 1.57. The number of rotatable bonds is 9. The number of aryl methyl sites for hydroxylation is 1. The number of hydrogen-bond donors (Lipinski definition) is 2. The maximum absolute atomic E-state index is 13.4. The van der Waals surface area contributed by atoms with Gasteiger partial charge in [-0.05, 0) is 48.9 Å².